The van der Waals surface area contributed by atoms with Crippen molar-refractivity contribution >= 4 is 22.9 Å². The lowest BCUT2D eigenvalue weighted by Crippen LogP contribution is -2.36. The van der Waals surface area contributed by atoms with Crippen molar-refractivity contribution in [3.63, 3.8) is 0 Å². The smallest absolute Gasteiger partial charge is 0.338 e. The molecule has 0 aliphatic heterocycles. The first-order chi connectivity index (χ1) is 13.6. The van der Waals surface area contributed by atoms with Gasteiger partial charge in [0.25, 0.3) is 5.91 Å². The summed E-state index contributed by atoms with van der Waals surface area (Å²) in [6.07, 6.45) is 2.90. The van der Waals surface area contributed by atoms with Gasteiger partial charge in [-0.2, -0.15) is 0 Å². The first-order valence-electron chi connectivity index (χ1n) is 8.89. The van der Waals surface area contributed by atoms with Gasteiger partial charge in [0.2, 0.25) is 0 Å². The standard InChI is InChI=1S/C21H21N3O4/c1-14(20(25)24-10-9-15-3-6-17(27-2)7-4-15)28-21(26)16-5-8-18-19(13-16)23-12-11-22-18/h3-8,11-14H,9-10H2,1-2H3,(H,24,25)/t14-/m0/s1. The van der Waals surface area contributed by atoms with E-state index in [1.165, 1.54) is 0 Å². The summed E-state index contributed by atoms with van der Waals surface area (Å²) in [5.41, 5.74) is 2.67. The molecule has 0 saturated carbocycles. The van der Waals surface area contributed by atoms with Crippen molar-refractivity contribution in [3.05, 3.63) is 66.0 Å². The van der Waals surface area contributed by atoms with Crippen LogP contribution in [-0.2, 0) is 16.0 Å². The fraction of sp³-hybridized carbons (Fsp3) is 0.238. The first-order valence-corrected chi connectivity index (χ1v) is 8.89. The summed E-state index contributed by atoms with van der Waals surface area (Å²) in [4.78, 5) is 32.8. The highest BCUT2D eigenvalue weighted by molar-refractivity contribution is 5.95. The highest BCUT2D eigenvalue weighted by Gasteiger charge is 2.19. The summed E-state index contributed by atoms with van der Waals surface area (Å²) in [7, 11) is 1.61. The van der Waals surface area contributed by atoms with Crippen LogP contribution in [-0.4, -0.2) is 41.6 Å². The monoisotopic (exact) mass is 379 g/mol. The minimum atomic E-state index is -0.902. The average molecular weight is 379 g/mol. The number of carbonyl (C=O) groups excluding carboxylic acids is 2. The maximum atomic E-state index is 12.3. The van der Waals surface area contributed by atoms with Gasteiger partial charge in [0.15, 0.2) is 6.10 Å². The number of hydrogen-bond donors (Lipinski definition) is 1. The summed E-state index contributed by atoms with van der Waals surface area (Å²) < 4.78 is 10.4. The van der Waals surface area contributed by atoms with Gasteiger partial charge >= 0.3 is 5.97 Å². The Kier molecular flexibility index (Phi) is 6.16. The summed E-state index contributed by atoms with van der Waals surface area (Å²) in [6, 6.07) is 12.5. The van der Waals surface area contributed by atoms with Crippen LogP contribution in [0.4, 0.5) is 0 Å². The van der Waals surface area contributed by atoms with Gasteiger partial charge in [-0.3, -0.25) is 14.8 Å². The molecule has 0 aliphatic rings. The summed E-state index contributed by atoms with van der Waals surface area (Å²) >= 11 is 0. The second-order valence-corrected chi connectivity index (χ2v) is 6.20. The number of nitrogens with one attached hydrogen (secondary N) is 1. The Morgan fingerprint density at radius 1 is 1.04 bits per heavy atom. The van der Waals surface area contributed by atoms with E-state index in [1.807, 2.05) is 24.3 Å². The van der Waals surface area contributed by atoms with Gasteiger partial charge < -0.3 is 14.8 Å². The highest BCUT2D eigenvalue weighted by Crippen LogP contribution is 2.13. The van der Waals surface area contributed by atoms with Gasteiger partial charge in [-0.25, -0.2) is 4.79 Å². The summed E-state index contributed by atoms with van der Waals surface area (Å²) in [5.74, 6) is -0.138. The molecular formula is C21H21N3O4. The van der Waals surface area contributed by atoms with Crippen LogP contribution in [0, 0.1) is 0 Å². The molecule has 2 aromatic carbocycles. The Morgan fingerprint density at radius 2 is 1.75 bits per heavy atom. The molecule has 0 aliphatic carbocycles. The predicted molar refractivity (Wildman–Crippen MR) is 104 cm³/mol. The van der Waals surface area contributed by atoms with Gasteiger partial charge in [-0.05, 0) is 49.2 Å². The molecule has 1 aromatic heterocycles. The molecule has 0 saturated heterocycles. The van der Waals surface area contributed by atoms with Crippen LogP contribution in [0.2, 0.25) is 0 Å². The fourth-order valence-electron chi connectivity index (χ4n) is 2.64. The van der Waals surface area contributed by atoms with Crippen molar-refractivity contribution in [1.29, 1.82) is 0 Å². The number of rotatable bonds is 7. The number of benzene rings is 2. The molecule has 3 aromatic rings. The van der Waals surface area contributed by atoms with Crippen molar-refractivity contribution in [1.82, 2.24) is 15.3 Å². The second kappa shape index (κ2) is 8.94. The maximum absolute atomic E-state index is 12.3. The van der Waals surface area contributed by atoms with E-state index in [0.29, 0.717) is 29.6 Å². The molecule has 7 nitrogen and oxygen atoms in total. The van der Waals surface area contributed by atoms with Crippen molar-refractivity contribution < 1.29 is 19.1 Å². The zero-order valence-corrected chi connectivity index (χ0v) is 15.7. The number of amides is 1. The van der Waals surface area contributed by atoms with E-state index < -0.39 is 12.1 Å². The molecule has 1 heterocycles. The molecule has 1 atom stereocenters. The number of fused-ring (bicyclic) bond motifs is 1. The van der Waals surface area contributed by atoms with Crippen LogP contribution in [0.5, 0.6) is 5.75 Å². The third kappa shape index (κ3) is 4.82. The molecule has 28 heavy (non-hydrogen) atoms. The Labute approximate surface area is 162 Å². The molecule has 0 spiro atoms. The van der Waals surface area contributed by atoms with Crippen LogP contribution >= 0.6 is 0 Å². The Bertz CT molecular complexity index is 973. The van der Waals surface area contributed by atoms with E-state index in [9.17, 15) is 9.59 Å². The maximum Gasteiger partial charge on any atom is 0.338 e. The van der Waals surface area contributed by atoms with Gasteiger partial charge in [0, 0.05) is 18.9 Å². The zero-order chi connectivity index (χ0) is 19.9. The Morgan fingerprint density at radius 3 is 2.46 bits per heavy atom. The number of ether oxygens (including phenoxy) is 2. The van der Waals surface area contributed by atoms with E-state index in [-0.39, 0.29) is 5.91 Å². The number of hydrogen-bond acceptors (Lipinski definition) is 6. The molecule has 3 rings (SSSR count). The Hall–Kier alpha value is -3.48. The van der Waals surface area contributed by atoms with Gasteiger partial charge in [-0.1, -0.05) is 12.1 Å². The lowest BCUT2D eigenvalue weighted by molar-refractivity contribution is -0.129. The van der Waals surface area contributed by atoms with Crippen molar-refractivity contribution in [2.75, 3.05) is 13.7 Å². The van der Waals surface area contributed by atoms with Gasteiger partial charge in [0.1, 0.15) is 5.75 Å². The van der Waals surface area contributed by atoms with Crippen LogP contribution in [0.3, 0.4) is 0 Å². The van der Waals surface area contributed by atoms with Crippen LogP contribution in [0.25, 0.3) is 11.0 Å². The van der Waals surface area contributed by atoms with Crippen molar-refractivity contribution in [3.8, 4) is 5.75 Å². The number of nitrogens with zero attached hydrogens (tertiary/aromatic N) is 2. The molecular weight excluding hydrogens is 358 g/mol. The summed E-state index contributed by atoms with van der Waals surface area (Å²) in [5, 5.41) is 2.78. The predicted octanol–water partition coefficient (Wildman–Crippen LogP) is 2.54. The van der Waals surface area contributed by atoms with Gasteiger partial charge in [0.05, 0.1) is 23.7 Å². The van der Waals surface area contributed by atoms with E-state index in [1.54, 1.807) is 44.6 Å². The van der Waals surface area contributed by atoms with Crippen LogP contribution in [0.1, 0.15) is 22.8 Å². The van der Waals surface area contributed by atoms with E-state index >= 15 is 0 Å². The molecule has 0 fully saturated rings. The molecule has 1 amide bonds. The van der Waals surface area contributed by atoms with Crippen molar-refractivity contribution in [2.45, 2.75) is 19.4 Å². The number of carbonyl (C=O) groups is 2. The lowest BCUT2D eigenvalue weighted by atomic mass is 10.1. The van der Waals surface area contributed by atoms with Crippen molar-refractivity contribution in [2.24, 2.45) is 0 Å². The molecule has 0 unspecified atom stereocenters. The van der Waals surface area contributed by atoms with Gasteiger partial charge in [-0.15, -0.1) is 0 Å². The SMILES string of the molecule is COc1ccc(CCNC(=O)[C@H](C)OC(=O)c2ccc3nccnc3c2)cc1. The number of esters is 1. The second-order valence-electron chi connectivity index (χ2n) is 6.20. The molecule has 7 heteroatoms. The number of methoxy groups -OCH3 is 1. The fourth-order valence-corrected chi connectivity index (χ4v) is 2.64. The normalized spacial score (nSPS) is 11.6. The van der Waals surface area contributed by atoms with Crippen LogP contribution in [0.15, 0.2) is 54.9 Å². The zero-order valence-electron chi connectivity index (χ0n) is 15.7. The number of aromatic nitrogens is 2. The minimum Gasteiger partial charge on any atom is -0.497 e. The van der Waals surface area contributed by atoms with E-state index in [0.717, 1.165) is 11.3 Å². The topological polar surface area (TPSA) is 90.4 Å². The third-order valence-electron chi connectivity index (χ3n) is 4.23. The lowest BCUT2D eigenvalue weighted by Gasteiger charge is -2.14. The molecule has 144 valence electrons. The average Bonchev–Trinajstić information content (AvgIpc) is 2.73. The highest BCUT2D eigenvalue weighted by atomic mass is 16.5. The van der Waals surface area contributed by atoms with Crippen LogP contribution < -0.4 is 10.1 Å². The largest absolute Gasteiger partial charge is 0.497 e. The molecule has 1 N–H and O–H groups in total. The van der Waals surface area contributed by atoms with E-state index in [2.05, 4.69) is 15.3 Å². The minimum absolute atomic E-state index is 0.325. The molecule has 0 bridgehead atoms. The third-order valence-corrected chi connectivity index (χ3v) is 4.23. The summed E-state index contributed by atoms with van der Waals surface area (Å²) in [6.45, 7) is 1.99. The Balaban J connectivity index is 1.50. The quantitative estimate of drug-likeness (QED) is 0.635. The first kappa shape index (κ1) is 19.3. The van der Waals surface area contributed by atoms with E-state index in [4.69, 9.17) is 9.47 Å². The molecule has 0 radical (unpaired) electrons.